The van der Waals surface area contributed by atoms with Crippen LogP contribution >= 0.6 is 11.6 Å². The maximum absolute atomic E-state index is 14.6. The number of nitrogens with one attached hydrogen (secondary N) is 1. The van der Waals surface area contributed by atoms with Gasteiger partial charge in [-0.2, -0.15) is 4.73 Å². The highest BCUT2D eigenvalue weighted by atomic mass is 35.5. The number of anilines is 1. The van der Waals surface area contributed by atoms with Gasteiger partial charge in [0.2, 0.25) is 5.91 Å². The third kappa shape index (κ3) is 5.34. The highest BCUT2D eigenvalue weighted by Gasteiger charge is 2.46. The smallest absolute Gasteiger partial charge is 0.257 e. The van der Waals surface area contributed by atoms with E-state index in [1.54, 1.807) is 22.6 Å². The lowest BCUT2D eigenvalue weighted by Gasteiger charge is -2.40. The van der Waals surface area contributed by atoms with Gasteiger partial charge in [-0.05, 0) is 30.7 Å². The monoisotopic (exact) mass is 493 g/mol. The normalized spacial score (nSPS) is 19.0. The van der Waals surface area contributed by atoms with Crippen molar-refractivity contribution >= 4 is 23.3 Å². The Kier molecular flexibility index (Phi) is 6.81. The first-order chi connectivity index (χ1) is 16.1. The molecule has 4 rings (SSSR count). The lowest BCUT2D eigenvalue weighted by Crippen LogP contribution is -2.52. The van der Waals surface area contributed by atoms with E-state index in [0.717, 1.165) is 0 Å². The Bertz CT molecular complexity index is 1170. The number of alkyl halides is 2. The van der Waals surface area contributed by atoms with E-state index in [9.17, 15) is 23.2 Å². The van der Waals surface area contributed by atoms with Crippen LogP contribution in [0, 0.1) is 11.0 Å². The number of rotatable bonds is 6. The van der Waals surface area contributed by atoms with Gasteiger partial charge in [0.25, 0.3) is 5.92 Å². The highest BCUT2D eigenvalue weighted by molar-refractivity contribution is 6.30. The molecule has 1 fully saturated rings. The van der Waals surface area contributed by atoms with Gasteiger partial charge in [-0.3, -0.25) is 9.69 Å². The lowest BCUT2D eigenvalue weighted by molar-refractivity contribution is -0.605. The summed E-state index contributed by atoms with van der Waals surface area (Å²) in [6, 6.07) is 6.33. The minimum atomic E-state index is -2.95. The van der Waals surface area contributed by atoms with Crippen molar-refractivity contribution in [2.24, 2.45) is 0 Å². The molecule has 3 heterocycles. The van der Waals surface area contributed by atoms with Gasteiger partial charge in [-0.25, -0.2) is 18.2 Å². The maximum Gasteiger partial charge on any atom is 0.257 e. The summed E-state index contributed by atoms with van der Waals surface area (Å²) >= 11 is 5.92. The van der Waals surface area contributed by atoms with Crippen LogP contribution in [0.3, 0.4) is 0 Å². The Balaban J connectivity index is 1.40. The molecule has 11 heteroatoms. The third-order valence-corrected chi connectivity index (χ3v) is 6.30. The van der Waals surface area contributed by atoms with Gasteiger partial charge in [0.1, 0.15) is 5.82 Å². The van der Waals surface area contributed by atoms with Crippen LogP contribution in [0.25, 0.3) is 0 Å². The molecule has 180 valence electrons. The number of amides is 1. The molecule has 0 saturated carbocycles. The molecule has 1 aliphatic rings. The van der Waals surface area contributed by atoms with Crippen LogP contribution in [0.15, 0.2) is 55.2 Å². The van der Waals surface area contributed by atoms with Gasteiger partial charge in [0, 0.05) is 48.4 Å². The van der Waals surface area contributed by atoms with Gasteiger partial charge in [-0.15, -0.1) is 0 Å². The van der Waals surface area contributed by atoms with E-state index in [1.165, 1.54) is 49.1 Å². The molecule has 1 aromatic carbocycles. The average molecular weight is 494 g/mol. The first-order valence-electron chi connectivity index (χ1n) is 10.7. The molecule has 0 bridgehead atoms. The lowest BCUT2D eigenvalue weighted by atomic mass is 9.87. The minimum absolute atomic E-state index is 0.0348. The molecule has 0 spiro atoms. The number of imidazole rings is 1. The fourth-order valence-electron chi connectivity index (χ4n) is 4.05. The molecule has 1 N–H and O–H groups in total. The standard InChI is InChI=1S/C23H23ClF3N5O2/c1-15(31-9-6-23(26,27)19(12-31)16-4-7-32(34)8-5-16)22(33)29-21-13-30(14-28-21)11-17-10-18(24)2-3-20(17)25/h2-5,7-8,10,13-15,19H,6,9,11-12H2,1H3,(H,29,33)/t15-,19+/m0/s1. The van der Waals surface area contributed by atoms with Gasteiger partial charge in [-0.1, -0.05) is 11.6 Å². The van der Waals surface area contributed by atoms with E-state index in [1.807, 2.05) is 0 Å². The summed E-state index contributed by atoms with van der Waals surface area (Å²) in [4.78, 5) is 18.6. The van der Waals surface area contributed by atoms with Crippen LogP contribution in [-0.2, 0) is 11.3 Å². The number of carbonyl (C=O) groups is 1. The molecule has 34 heavy (non-hydrogen) atoms. The first kappa shape index (κ1) is 24.0. The Morgan fingerprint density at radius 1 is 1.35 bits per heavy atom. The fourth-order valence-corrected chi connectivity index (χ4v) is 4.25. The van der Waals surface area contributed by atoms with Crippen LogP contribution in [0.4, 0.5) is 19.0 Å². The maximum atomic E-state index is 14.6. The van der Waals surface area contributed by atoms with Gasteiger partial charge < -0.3 is 15.1 Å². The zero-order valence-electron chi connectivity index (χ0n) is 18.3. The van der Waals surface area contributed by atoms with Crippen molar-refractivity contribution in [2.45, 2.75) is 37.8 Å². The first-order valence-corrected chi connectivity index (χ1v) is 11.1. The van der Waals surface area contributed by atoms with Crippen molar-refractivity contribution in [1.82, 2.24) is 14.5 Å². The van der Waals surface area contributed by atoms with Gasteiger partial charge >= 0.3 is 0 Å². The van der Waals surface area contributed by atoms with Crippen molar-refractivity contribution in [3.8, 4) is 0 Å². The van der Waals surface area contributed by atoms with E-state index in [-0.39, 0.29) is 25.5 Å². The van der Waals surface area contributed by atoms with Crippen LogP contribution in [0.5, 0.6) is 0 Å². The Labute approximate surface area is 199 Å². The molecular weight excluding hydrogens is 471 g/mol. The third-order valence-electron chi connectivity index (χ3n) is 6.06. The summed E-state index contributed by atoms with van der Waals surface area (Å²) in [6.45, 7) is 1.83. The van der Waals surface area contributed by atoms with Crippen LogP contribution in [0.1, 0.15) is 30.4 Å². The number of hydrogen-bond donors (Lipinski definition) is 1. The van der Waals surface area contributed by atoms with Crippen molar-refractivity contribution in [3.63, 3.8) is 0 Å². The summed E-state index contributed by atoms with van der Waals surface area (Å²) in [5, 5.41) is 14.4. The van der Waals surface area contributed by atoms with Crippen LogP contribution in [0.2, 0.25) is 5.02 Å². The average Bonchev–Trinajstić information content (AvgIpc) is 3.23. The second kappa shape index (κ2) is 9.63. The molecule has 2 atom stereocenters. The molecule has 1 aliphatic heterocycles. The number of hydrogen-bond acceptors (Lipinski definition) is 4. The molecule has 0 unspecified atom stereocenters. The molecule has 0 radical (unpaired) electrons. The number of benzene rings is 1. The van der Waals surface area contributed by atoms with Crippen molar-refractivity contribution in [2.75, 3.05) is 18.4 Å². The number of carbonyl (C=O) groups excluding carboxylic acids is 1. The van der Waals surface area contributed by atoms with Crippen molar-refractivity contribution in [1.29, 1.82) is 0 Å². The Morgan fingerprint density at radius 3 is 2.82 bits per heavy atom. The second-order valence-electron chi connectivity index (χ2n) is 8.38. The number of pyridine rings is 1. The predicted molar refractivity (Wildman–Crippen MR) is 120 cm³/mol. The summed E-state index contributed by atoms with van der Waals surface area (Å²) in [5.74, 6) is -4.62. The molecule has 7 nitrogen and oxygen atoms in total. The Hall–Kier alpha value is -3.11. The second-order valence-corrected chi connectivity index (χ2v) is 8.82. The molecule has 0 aliphatic carbocycles. The summed E-state index contributed by atoms with van der Waals surface area (Å²) < 4.78 is 45.3. The molecule has 1 saturated heterocycles. The summed E-state index contributed by atoms with van der Waals surface area (Å²) in [5.41, 5.74) is 0.723. The van der Waals surface area contributed by atoms with Crippen molar-refractivity contribution < 1.29 is 22.7 Å². The van der Waals surface area contributed by atoms with Crippen molar-refractivity contribution in [3.05, 3.63) is 82.4 Å². The zero-order valence-corrected chi connectivity index (χ0v) is 19.1. The topological polar surface area (TPSA) is 77.1 Å². The van der Waals surface area contributed by atoms with E-state index in [0.29, 0.717) is 20.9 Å². The van der Waals surface area contributed by atoms with E-state index in [2.05, 4.69) is 10.3 Å². The van der Waals surface area contributed by atoms with Gasteiger partial charge in [0.05, 0.1) is 24.8 Å². The minimum Gasteiger partial charge on any atom is -0.619 e. The number of nitrogens with zero attached hydrogens (tertiary/aromatic N) is 4. The van der Waals surface area contributed by atoms with E-state index < -0.39 is 36.0 Å². The number of piperidine rings is 1. The zero-order chi connectivity index (χ0) is 24.5. The highest BCUT2D eigenvalue weighted by Crippen LogP contribution is 2.40. The Morgan fingerprint density at radius 2 is 2.09 bits per heavy atom. The number of likely N-dealkylation sites (tertiary alicyclic amines) is 1. The molecule has 3 aromatic rings. The largest absolute Gasteiger partial charge is 0.619 e. The van der Waals surface area contributed by atoms with E-state index in [4.69, 9.17) is 11.6 Å². The number of aromatic nitrogens is 3. The van der Waals surface area contributed by atoms with Gasteiger partial charge in [0.15, 0.2) is 18.2 Å². The quantitative estimate of drug-likeness (QED) is 0.418. The predicted octanol–water partition coefficient (Wildman–Crippen LogP) is 3.81. The van der Waals surface area contributed by atoms with Crippen LogP contribution < -0.4 is 10.0 Å². The SMILES string of the molecule is C[C@@H](C(=O)Nc1cn(Cc2cc(Cl)ccc2F)cn1)N1CCC(F)(F)[C@@H](c2cc[n+]([O-])cc2)C1. The van der Waals surface area contributed by atoms with E-state index >= 15 is 0 Å². The number of halogens is 4. The van der Waals surface area contributed by atoms with Crippen LogP contribution in [-0.4, -0.2) is 45.4 Å². The molecule has 1 amide bonds. The summed E-state index contributed by atoms with van der Waals surface area (Å²) in [6.07, 6.45) is 4.98. The molecule has 2 aromatic heterocycles. The summed E-state index contributed by atoms with van der Waals surface area (Å²) in [7, 11) is 0. The molecular formula is C23H23ClF3N5O2. The fraction of sp³-hybridized carbons (Fsp3) is 0.348.